The summed E-state index contributed by atoms with van der Waals surface area (Å²) >= 11 is 5.86. The van der Waals surface area contributed by atoms with Crippen LogP contribution in [-0.4, -0.2) is 38.3 Å². The van der Waals surface area contributed by atoms with Gasteiger partial charge in [0.1, 0.15) is 5.75 Å². The molecular formula is C19H23ClN2O4S. The number of benzene rings is 2. The molecule has 8 heteroatoms. The standard InChI is InChI=1S/C19H23ClN2O4S/c1-13-6-11-16(27(24,25)22(4)5)12-17(13)21-18(23)19(2,3)26-15-9-7-14(20)8-10-15/h6-12H,1-5H3,(H,21,23). The molecule has 0 spiro atoms. The highest BCUT2D eigenvalue weighted by Crippen LogP contribution is 2.25. The number of sulfonamides is 1. The van der Waals surface area contributed by atoms with Gasteiger partial charge in [0.15, 0.2) is 5.60 Å². The molecule has 0 heterocycles. The van der Waals surface area contributed by atoms with Crippen LogP contribution in [-0.2, 0) is 14.8 Å². The van der Waals surface area contributed by atoms with E-state index in [2.05, 4.69) is 5.32 Å². The van der Waals surface area contributed by atoms with E-state index in [0.29, 0.717) is 16.5 Å². The fourth-order valence-electron chi connectivity index (χ4n) is 2.22. The third-order valence-electron chi connectivity index (χ3n) is 3.97. The van der Waals surface area contributed by atoms with Gasteiger partial charge in [-0.05, 0) is 62.7 Å². The van der Waals surface area contributed by atoms with Gasteiger partial charge >= 0.3 is 0 Å². The topological polar surface area (TPSA) is 75.7 Å². The average Bonchev–Trinajstić information content (AvgIpc) is 2.58. The van der Waals surface area contributed by atoms with Crippen LogP contribution in [0, 0.1) is 6.92 Å². The van der Waals surface area contributed by atoms with Crippen molar-refractivity contribution in [3.8, 4) is 5.75 Å². The zero-order chi connectivity index (χ0) is 20.4. The van der Waals surface area contributed by atoms with Crippen molar-refractivity contribution in [2.24, 2.45) is 0 Å². The number of halogens is 1. The first-order valence-electron chi connectivity index (χ1n) is 8.23. The van der Waals surface area contributed by atoms with Crippen molar-refractivity contribution in [1.82, 2.24) is 4.31 Å². The van der Waals surface area contributed by atoms with Gasteiger partial charge in [-0.1, -0.05) is 17.7 Å². The summed E-state index contributed by atoms with van der Waals surface area (Å²) in [6.45, 7) is 5.05. The predicted molar refractivity (Wildman–Crippen MR) is 107 cm³/mol. The number of anilines is 1. The largest absolute Gasteiger partial charge is 0.478 e. The number of nitrogens with zero attached hydrogens (tertiary/aromatic N) is 1. The third-order valence-corrected chi connectivity index (χ3v) is 6.03. The minimum absolute atomic E-state index is 0.102. The molecule has 0 unspecified atom stereocenters. The normalized spacial score (nSPS) is 12.1. The fourth-order valence-corrected chi connectivity index (χ4v) is 3.28. The van der Waals surface area contributed by atoms with E-state index in [0.717, 1.165) is 9.87 Å². The molecule has 2 aromatic carbocycles. The summed E-state index contributed by atoms with van der Waals surface area (Å²) in [5.74, 6) is 0.0974. The average molecular weight is 411 g/mol. The number of carbonyl (C=O) groups excluding carboxylic acids is 1. The van der Waals surface area contributed by atoms with E-state index in [1.165, 1.54) is 26.2 Å². The third kappa shape index (κ3) is 5.00. The molecule has 1 amide bonds. The van der Waals surface area contributed by atoms with Crippen LogP contribution in [0.2, 0.25) is 5.02 Å². The maximum absolute atomic E-state index is 12.7. The van der Waals surface area contributed by atoms with Gasteiger partial charge in [-0.15, -0.1) is 0 Å². The maximum Gasteiger partial charge on any atom is 0.267 e. The molecule has 2 rings (SSSR count). The minimum Gasteiger partial charge on any atom is -0.478 e. The van der Waals surface area contributed by atoms with Gasteiger partial charge in [-0.3, -0.25) is 4.79 Å². The highest BCUT2D eigenvalue weighted by atomic mass is 35.5. The monoisotopic (exact) mass is 410 g/mol. The molecule has 0 saturated heterocycles. The van der Waals surface area contributed by atoms with Gasteiger partial charge in [0, 0.05) is 24.8 Å². The molecule has 6 nitrogen and oxygen atoms in total. The summed E-state index contributed by atoms with van der Waals surface area (Å²) in [4.78, 5) is 12.8. The van der Waals surface area contributed by atoms with E-state index in [1.807, 2.05) is 0 Å². The van der Waals surface area contributed by atoms with Gasteiger partial charge in [0.05, 0.1) is 4.90 Å². The molecule has 0 aliphatic carbocycles. The van der Waals surface area contributed by atoms with Crippen molar-refractivity contribution in [2.45, 2.75) is 31.3 Å². The summed E-state index contributed by atoms with van der Waals surface area (Å²) < 4.78 is 31.5. The van der Waals surface area contributed by atoms with Gasteiger partial charge in [-0.2, -0.15) is 0 Å². The van der Waals surface area contributed by atoms with Crippen LogP contribution < -0.4 is 10.1 Å². The Bertz CT molecular complexity index is 939. The molecule has 0 bridgehead atoms. The van der Waals surface area contributed by atoms with Gasteiger partial charge < -0.3 is 10.1 Å². The molecule has 0 atom stereocenters. The first kappa shape index (κ1) is 21.2. The van der Waals surface area contributed by atoms with Crippen LogP contribution in [0.5, 0.6) is 5.75 Å². The molecule has 0 saturated carbocycles. The van der Waals surface area contributed by atoms with E-state index in [4.69, 9.17) is 16.3 Å². The van der Waals surface area contributed by atoms with Gasteiger partial charge in [0.25, 0.3) is 5.91 Å². The van der Waals surface area contributed by atoms with Crippen LogP contribution in [0.15, 0.2) is 47.4 Å². The highest BCUT2D eigenvalue weighted by molar-refractivity contribution is 7.89. The smallest absolute Gasteiger partial charge is 0.267 e. The molecule has 146 valence electrons. The summed E-state index contributed by atoms with van der Waals surface area (Å²) in [5.41, 5.74) is -0.0319. The van der Waals surface area contributed by atoms with Crippen molar-refractivity contribution in [1.29, 1.82) is 0 Å². The maximum atomic E-state index is 12.7. The Kier molecular flexibility index (Phi) is 6.19. The van der Waals surface area contributed by atoms with Crippen molar-refractivity contribution >= 4 is 33.2 Å². The van der Waals surface area contributed by atoms with Crippen LogP contribution >= 0.6 is 11.6 Å². The van der Waals surface area contributed by atoms with Crippen molar-refractivity contribution in [3.05, 3.63) is 53.1 Å². The van der Waals surface area contributed by atoms with E-state index >= 15 is 0 Å². The molecule has 0 radical (unpaired) electrons. The summed E-state index contributed by atoms with van der Waals surface area (Å²) in [7, 11) is -0.692. The molecule has 27 heavy (non-hydrogen) atoms. The molecule has 0 fully saturated rings. The Labute approximate surface area is 165 Å². The second-order valence-corrected chi connectivity index (χ2v) is 9.37. The highest BCUT2D eigenvalue weighted by Gasteiger charge is 2.31. The van der Waals surface area contributed by atoms with Crippen LogP contribution in [0.3, 0.4) is 0 Å². The summed E-state index contributed by atoms with van der Waals surface area (Å²) in [5, 5.41) is 3.33. The number of aryl methyl sites for hydroxylation is 1. The lowest BCUT2D eigenvalue weighted by Crippen LogP contribution is -2.42. The van der Waals surface area contributed by atoms with E-state index in [9.17, 15) is 13.2 Å². The zero-order valence-corrected chi connectivity index (χ0v) is 17.5. The Morgan fingerprint density at radius 1 is 1.11 bits per heavy atom. The van der Waals surface area contributed by atoms with Gasteiger partial charge in [-0.25, -0.2) is 12.7 Å². The van der Waals surface area contributed by atoms with E-state index < -0.39 is 21.5 Å². The molecule has 0 aromatic heterocycles. The lowest BCUT2D eigenvalue weighted by atomic mass is 10.1. The number of ether oxygens (including phenoxy) is 1. The first-order valence-corrected chi connectivity index (χ1v) is 10.0. The first-order chi connectivity index (χ1) is 12.4. The Morgan fingerprint density at radius 2 is 1.70 bits per heavy atom. The number of nitrogens with one attached hydrogen (secondary N) is 1. The van der Waals surface area contributed by atoms with E-state index in [-0.39, 0.29) is 4.90 Å². The van der Waals surface area contributed by atoms with Crippen LogP contribution in [0.1, 0.15) is 19.4 Å². The molecule has 2 aromatic rings. The number of amides is 1. The predicted octanol–water partition coefficient (Wildman–Crippen LogP) is 3.69. The number of hydrogen-bond acceptors (Lipinski definition) is 4. The van der Waals surface area contributed by atoms with Crippen molar-refractivity contribution in [3.63, 3.8) is 0 Å². The molecule has 1 N–H and O–H groups in total. The zero-order valence-electron chi connectivity index (χ0n) is 15.9. The van der Waals surface area contributed by atoms with Crippen LogP contribution in [0.25, 0.3) is 0 Å². The van der Waals surface area contributed by atoms with E-state index in [1.54, 1.807) is 51.1 Å². The Morgan fingerprint density at radius 3 is 2.26 bits per heavy atom. The second kappa shape index (κ2) is 7.88. The lowest BCUT2D eigenvalue weighted by Gasteiger charge is -2.26. The minimum atomic E-state index is -3.60. The molecule has 0 aliphatic rings. The van der Waals surface area contributed by atoms with Crippen LogP contribution in [0.4, 0.5) is 5.69 Å². The second-order valence-electron chi connectivity index (χ2n) is 6.78. The van der Waals surface area contributed by atoms with Crippen molar-refractivity contribution < 1.29 is 17.9 Å². The lowest BCUT2D eigenvalue weighted by molar-refractivity contribution is -0.128. The summed E-state index contributed by atoms with van der Waals surface area (Å²) in [6.07, 6.45) is 0. The van der Waals surface area contributed by atoms with Gasteiger partial charge in [0.2, 0.25) is 10.0 Å². The number of rotatable bonds is 6. The summed E-state index contributed by atoms with van der Waals surface area (Å²) in [6, 6.07) is 11.3. The Hall–Kier alpha value is -2.09. The fraction of sp³-hybridized carbons (Fsp3) is 0.316. The van der Waals surface area contributed by atoms with Crippen molar-refractivity contribution in [2.75, 3.05) is 19.4 Å². The SMILES string of the molecule is Cc1ccc(S(=O)(=O)N(C)C)cc1NC(=O)C(C)(C)Oc1ccc(Cl)cc1. The molecule has 0 aliphatic heterocycles. The quantitative estimate of drug-likeness (QED) is 0.787. The Balaban J connectivity index is 2.24. The number of hydrogen-bond donors (Lipinski definition) is 1. The molecular weight excluding hydrogens is 388 g/mol. The number of carbonyl (C=O) groups is 1.